The van der Waals surface area contributed by atoms with Gasteiger partial charge in [-0.1, -0.05) is 12.1 Å². The Morgan fingerprint density at radius 1 is 1.47 bits per heavy atom. The van der Waals surface area contributed by atoms with Crippen LogP contribution in [-0.2, 0) is 6.42 Å². The molecule has 0 bridgehead atoms. The molecule has 1 aromatic carbocycles. The number of methoxy groups -OCH3 is 1. The van der Waals surface area contributed by atoms with Crippen LogP contribution < -0.4 is 4.74 Å². The summed E-state index contributed by atoms with van der Waals surface area (Å²) in [6, 6.07) is 9.25. The van der Waals surface area contributed by atoms with Crippen molar-refractivity contribution in [2.45, 2.75) is 6.42 Å². The highest BCUT2D eigenvalue weighted by molar-refractivity contribution is 7.08. The van der Waals surface area contributed by atoms with Gasteiger partial charge in [-0.25, -0.2) is 4.79 Å². The fourth-order valence-electron chi connectivity index (χ4n) is 1.49. The molecule has 0 fully saturated rings. The Hall–Kier alpha value is -1.88. The largest absolute Gasteiger partial charge is 0.497 e. The van der Waals surface area contributed by atoms with Crippen LogP contribution in [-0.4, -0.2) is 22.6 Å². The van der Waals surface area contributed by atoms with E-state index in [4.69, 9.17) is 9.84 Å². The van der Waals surface area contributed by atoms with E-state index in [1.165, 1.54) is 0 Å². The SMILES string of the molecule is COc1cccc(Cc2cc(C(=O)O)sn2)c1. The quantitative estimate of drug-likeness (QED) is 0.904. The van der Waals surface area contributed by atoms with Crippen molar-refractivity contribution in [3.8, 4) is 5.75 Å². The Morgan fingerprint density at radius 3 is 2.94 bits per heavy atom. The molecule has 0 saturated carbocycles. The number of carboxylic acid groups (broad SMARTS) is 1. The minimum atomic E-state index is -0.931. The average molecular weight is 249 g/mol. The van der Waals surface area contributed by atoms with Crippen LogP contribution >= 0.6 is 11.5 Å². The summed E-state index contributed by atoms with van der Waals surface area (Å²) in [4.78, 5) is 11.0. The highest BCUT2D eigenvalue weighted by Gasteiger charge is 2.09. The van der Waals surface area contributed by atoms with E-state index in [1.54, 1.807) is 13.2 Å². The van der Waals surface area contributed by atoms with Gasteiger partial charge in [0.15, 0.2) is 0 Å². The third-order valence-electron chi connectivity index (χ3n) is 2.29. The molecule has 17 heavy (non-hydrogen) atoms. The van der Waals surface area contributed by atoms with Gasteiger partial charge < -0.3 is 9.84 Å². The lowest BCUT2D eigenvalue weighted by Crippen LogP contribution is -1.92. The number of hydrogen-bond acceptors (Lipinski definition) is 4. The number of aromatic nitrogens is 1. The lowest BCUT2D eigenvalue weighted by Gasteiger charge is -2.02. The zero-order chi connectivity index (χ0) is 12.3. The molecule has 0 unspecified atom stereocenters. The van der Waals surface area contributed by atoms with Gasteiger partial charge in [-0.05, 0) is 35.3 Å². The number of hydrogen-bond donors (Lipinski definition) is 1. The van der Waals surface area contributed by atoms with Crippen molar-refractivity contribution < 1.29 is 14.6 Å². The van der Waals surface area contributed by atoms with Gasteiger partial charge in [0.1, 0.15) is 10.6 Å². The first-order chi connectivity index (χ1) is 8.19. The fourth-order valence-corrected chi connectivity index (χ4v) is 2.09. The van der Waals surface area contributed by atoms with Gasteiger partial charge in [0, 0.05) is 6.42 Å². The summed E-state index contributed by atoms with van der Waals surface area (Å²) in [7, 11) is 1.62. The van der Waals surface area contributed by atoms with E-state index in [2.05, 4.69) is 4.37 Å². The van der Waals surface area contributed by atoms with Gasteiger partial charge in [0.2, 0.25) is 0 Å². The molecule has 0 aliphatic carbocycles. The minimum absolute atomic E-state index is 0.267. The summed E-state index contributed by atoms with van der Waals surface area (Å²) in [6.45, 7) is 0. The fraction of sp³-hybridized carbons (Fsp3) is 0.167. The molecular formula is C12H11NO3S. The van der Waals surface area contributed by atoms with Crippen molar-refractivity contribution in [1.29, 1.82) is 0 Å². The van der Waals surface area contributed by atoms with Gasteiger partial charge in [0.05, 0.1) is 12.8 Å². The maximum absolute atomic E-state index is 10.7. The average Bonchev–Trinajstić information content (AvgIpc) is 2.78. The van der Waals surface area contributed by atoms with Gasteiger partial charge >= 0.3 is 5.97 Å². The molecule has 0 spiro atoms. The summed E-state index contributed by atoms with van der Waals surface area (Å²) in [5, 5.41) is 8.80. The first-order valence-electron chi connectivity index (χ1n) is 5.01. The molecule has 0 saturated heterocycles. The maximum atomic E-state index is 10.7. The second kappa shape index (κ2) is 4.97. The molecule has 0 radical (unpaired) electrons. The number of rotatable bonds is 4. The van der Waals surface area contributed by atoms with Crippen LogP contribution in [0.25, 0.3) is 0 Å². The molecule has 1 aromatic heterocycles. The van der Waals surface area contributed by atoms with E-state index in [-0.39, 0.29) is 4.88 Å². The zero-order valence-corrected chi connectivity index (χ0v) is 10.0. The van der Waals surface area contributed by atoms with E-state index in [9.17, 15) is 4.79 Å². The number of aromatic carboxylic acids is 1. The van der Waals surface area contributed by atoms with E-state index in [0.717, 1.165) is 28.5 Å². The van der Waals surface area contributed by atoms with Gasteiger partial charge in [-0.15, -0.1) is 0 Å². The Kier molecular flexibility index (Phi) is 3.39. The Balaban J connectivity index is 2.16. The Bertz CT molecular complexity index is 536. The highest BCUT2D eigenvalue weighted by Crippen LogP contribution is 2.17. The predicted molar refractivity (Wildman–Crippen MR) is 64.9 cm³/mol. The number of nitrogens with zero attached hydrogens (tertiary/aromatic N) is 1. The molecule has 88 valence electrons. The van der Waals surface area contributed by atoms with Crippen molar-refractivity contribution in [3.05, 3.63) is 46.5 Å². The molecule has 0 aliphatic heterocycles. The van der Waals surface area contributed by atoms with Crippen LogP contribution in [0.1, 0.15) is 20.9 Å². The molecule has 1 heterocycles. The molecule has 4 nitrogen and oxygen atoms in total. The first kappa shape index (κ1) is 11.6. The first-order valence-corrected chi connectivity index (χ1v) is 5.78. The summed E-state index contributed by atoms with van der Waals surface area (Å²) in [5.41, 5.74) is 1.81. The van der Waals surface area contributed by atoms with Crippen molar-refractivity contribution in [2.75, 3.05) is 7.11 Å². The molecule has 2 aromatic rings. The zero-order valence-electron chi connectivity index (χ0n) is 9.21. The monoisotopic (exact) mass is 249 g/mol. The summed E-state index contributed by atoms with van der Waals surface area (Å²) >= 11 is 1.01. The molecule has 0 aliphatic rings. The molecule has 5 heteroatoms. The Labute approximate surface area is 103 Å². The van der Waals surface area contributed by atoms with Crippen LogP contribution in [0.15, 0.2) is 30.3 Å². The van der Waals surface area contributed by atoms with E-state index in [0.29, 0.717) is 6.42 Å². The van der Waals surface area contributed by atoms with E-state index >= 15 is 0 Å². The van der Waals surface area contributed by atoms with Crippen molar-refractivity contribution in [1.82, 2.24) is 4.37 Å². The molecule has 0 amide bonds. The maximum Gasteiger partial charge on any atom is 0.347 e. The normalized spacial score (nSPS) is 10.2. The molecule has 1 N–H and O–H groups in total. The third kappa shape index (κ3) is 2.82. The van der Waals surface area contributed by atoms with E-state index in [1.807, 2.05) is 24.3 Å². The van der Waals surface area contributed by atoms with Crippen LogP contribution in [0.5, 0.6) is 5.75 Å². The van der Waals surface area contributed by atoms with Gasteiger partial charge in [-0.3, -0.25) is 0 Å². The number of carbonyl (C=O) groups is 1. The molecule has 0 atom stereocenters. The number of ether oxygens (including phenoxy) is 1. The summed E-state index contributed by atoms with van der Waals surface area (Å²) in [6.07, 6.45) is 0.612. The van der Waals surface area contributed by atoms with Crippen LogP contribution in [0, 0.1) is 0 Å². The van der Waals surface area contributed by atoms with Gasteiger partial charge in [0.25, 0.3) is 0 Å². The van der Waals surface area contributed by atoms with E-state index < -0.39 is 5.97 Å². The van der Waals surface area contributed by atoms with Crippen molar-refractivity contribution in [3.63, 3.8) is 0 Å². The second-order valence-electron chi connectivity index (χ2n) is 3.52. The smallest absolute Gasteiger partial charge is 0.347 e. The van der Waals surface area contributed by atoms with Gasteiger partial charge in [-0.2, -0.15) is 4.37 Å². The highest BCUT2D eigenvalue weighted by atomic mass is 32.1. The summed E-state index contributed by atoms with van der Waals surface area (Å²) in [5.74, 6) is -0.143. The standard InChI is InChI=1S/C12H11NO3S/c1-16-10-4-2-3-8(6-10)5-9-7-11(12(14)15)17-13-9/h2-4,6-7H,5H2,1H3,(H,14,15). The third-order valence-corrected chi connectivity index (χ3v) is 3.10. The second-order valence-corrected chi connectivity index (χ2v) is 4.32. The number of benzene rings is 1. The van der Waals surface area contributed by atoms with Crippen LogP contribution in [0.4, 0.5) is 0 Å². The van der Waals surface area contributed by atoms with Crippen LogP contribution in [0.2, 0.25) is 0 Å². The Morgan fingerprint density at radius 2 is 2.29 bits per heavy atom. The lowest BCUT2D eigenvalue weighted by atomic mass is 10.1. The minimum Gasteiger partial charge on any atom is -0.497 e. The van der Waals surface area contributed by atoms with Crippen molar-refractivity contribution in [2.24, 2.45) is 0 Å². The van der Waals surface area contributed by atoms with Crippen molar-refractivity contribution >= 4 is 17.5 Å². The topological polar surface area (TPSA) is 59.4 Å². The molecular weight excluding hydrogens is 238 g/mol. The summed E-state index contributed by atoms with van der Waals surface area (Å²) < 4.78 is 9.23. The number of carboxylic acids is 1. The lowest BCUT2D eigenvalue weighted by molar-refractivity contribution is 0.0702. The molecule has 2 rings (SSSR count). The predicted octanol–water partition coefficient (Wildman–Crippen LogP) is 2.44. The van der Waals surface area contributed by atoms with Crippen LogP contribution in [0.3, 0.4) is 0 Å².